The molecule has 3 rings (SSSR count). The average molecular weight is 366 g/mol. The predicted molar refractivity (Wildman–Crippen MR) is 91.2 cm³/mol. The van der Waals surface area contributed by atoms with E-state index in [0.29, 0.717) is 38.1 Å². The fourth-order valence-electron chi connectivity index (χ4n) is 3.43. The lowest BCUT2D eigenvalue weighted by Crippen LogP contribution is -2.31. The van der Waals surface area contributed by atoms with E-state index in [1.165, 1.54) is 6.33 Å². The van der Waals surface area contributed by atoms with E-state index in [2.05, 4.69) is 15.1 Å². The van der Waals surface area contributed by atoms with Gasteiger partial charge in [0.2, 0.25) is 15.9 Å². The molecule has 1 aliphatic heterocycles. The molecule has 3 heterocycles. The summed E-state index contributed by atoms with van der Waals surface area (Å²) in [4.78, 5) is 22.7. The Bertz CT molecular complexity index is 907. The number of amides is 1. The molecule has 1 atom stereocenters. The quantitative estimate of drug-likeness (QED) is 0.782. The summed E-state index contributed by atoms with van der Waals surface area (Å²) in [6.45, 7) is 4.87. The SMILES string of the molecule is Cc1nc2ncnn2c(C)c1CCC(=O)N1CCC(CS(N)(=O)=O)C1. The highest BCUT2D eigenvalue weighted by molar-refractivity contribution is 7.89. The second kappa shape index (κ2) is 6.68. The zero-order chi connectivity index (χ0) is 18.2. The van der Waals surface area contributed by atoms with Crippen molar-refractivity contribution in [3.8, 4) is 0 Å². The summed E-state index contributed by atoms with van der Waals surface area (Å²) in [5.74, 6) is 0.433. The van der Waals surface area contributed by atoms with Gasteiger partial charge in [0.15, 0.2) is 0 Å². The van der Waals surface area contributed by atoms with Crippen LogP contribution in [0.15, 0.2) is 6.33 Å². The third-order valence-electron chi connectivity index (χ3n) is 4.68. The molecule has 0 aromatic carbocycles. The normalized spacial score (nSPS) is 18.2. The van der Waals surface area contributed by atoms with E-state index in [-0.39, 0.29) is 17.6 Å². The molecule has 10 heteroatoms. The summed E-state index contributed by atoms with van der Waals surface area (Å²) in [6, 6.07) is 0. The first-order valence-electron chi connectivity index (χ1n) is 8.18. The number of nitrogens with two attached hydrogens (primary N) is 1. The summed E-state index contributed by atoms with van der Waals surface area (Å²) in [5, 5.41) is 9.24. The zero-order valence-corrected chi connectivity index (χ0v) is 15.2. The number of nitrogens with zero attached hydrogens (tertiary/aromatic N) is 5. The number of carbonyl (C=O) groups excluding carboxylic acids is 1. The van der Waals surface area contributed by atoms with Crippen molar-refractivity contribution in [2.45, 2.75) is 33.1 Å². The molecule has 2 aromatic heterocycles. The van der Waals surface area contributed by atoms with Crippen LogP contribution in [0.4, 0.5) is 0 Å². The maximum Gasteiger partial charge on any atom is 0.252 e. The van der Waals surface area contributed by atoms with Crippen molar-refractivity contribution in [3.63, 3.8) is 0 Å². The van der Waals surface area contributed by atoms with Gasteiger partial charge in [-0.2, -0.15) is 10.1 Å². The lowest BCUT2D eigenvalue weighted by atomic mass is 10.1. The maximum absolute atomic E-state index is 12.5. The highest BCUT2D eigenvalue weighted by Crippen LogP contribution is 2.20. The van der Waals surface area contributed by atoms with Gasteiger partial charge in [0, 0.05) is 30.9 Å². The van der Waals surface area contributed by atoms with Crippen LogP contribution in [0.2, 0.25) is 0 Å². The minimum Gasteiger partial charge on any atom is -0.342 e. The lowest BCUT2D eigenvalue weighted by Gasteiger charge is -2.17. The Morgan fingerprint density at radius 1 is 1.40 bits per heavy atom. The third kappa shape index (κ3) is 3.96. The summed E-state index contributed by atoms with van der Waals surface area (Å²) >= 11 is 0. The Morgan fingerprint density at radius 3 is 2.88 bits per heavy atom. The summed E-state index contributed by atoms with van der Waals surface area (Å²) in [5.41, 5.74) is 2.77. The van der Waals surface area contributed by atoms with Gasteiger partial charge in [-0.15, -0.1) is 0 Å². The minimum atomic E-state index is -3.50. The number of primary sulfonamides is 1. The van der Waals surface area contributed by atoms with Crippen LogP contribution in [0.1, 0.15) is 29.8 Å². The molecular weight excluding hydrogens is 344 g/mol. The van der Waals surface area contributed by atoms with Gasteiger partial charge >= 0.3 is 0 Å². The van der Waals surface area contributed by atoms with E-state index < -0.39 is 10.0 Å². The van der Waals surface area contributed by atoms with Crippen LogP contribution in [0.3, 0.4) is 0 Å². The van der Waals surface area contributed by atoms with Crippen LogP contribution in [0, 0.1) is 19.8 Å². The first-order valence-corrected chi connectivity index (χ1v) is 9.90. The molecule has 136 valence electrons. The summed E-state index contributed by atoms with van der Waals surface area (Å²) in [6.07, 6.45) is 3.05. The molecular formula is C15H22N6O3S. The Hall–Kier alpha value is -2.07. The van der Waals surface area contributed by atoms with Gasteiger partial charge in [0.05, 0.1) is 5.75 Å². The highest BCUT2D eigenvalue weighted by Gasteiger charge is 2.28. The molecule has 0 radical (unpaired) electrons. The van der Waals surface area contributed by atoms with Crippen LogP contribution in [0.25, 0.3) is 5.78 Å². The van der Waals surface area contributed by atoms with Crippen LogP contribution in [-0.4, -0.2) is 57.6 Å². The van der Waals surface area contributed by atoms with Crippen LogP contribution >= 0.6 is 0 Å². The Balaban J connectivity index is 1.63. The van der Waals surface area contributed by atoms with Gasteiger partial charge in [-0.25, -0.2) is 23.1 Å². The topological polar surface area (TPSA) is 124 Å². The van der Waals surface area contributed by atoms with Crippen LogP contribution in [0.5, 0.6) is 0 Å². The molecule has 0 bridgehead atoms. The van der Waals surface area contributed by atoms with Gasteiger partial charge in [0.25, 0.3) is 5.78 Å². The first-order chi connectivity index (χ1) is 11.7. The molecule has 9 nitrogen and oxygen atoms in total. The average Bonchev–Trinajstić information content (AvgIpc) is 3.14. The molecule has 1 amide bonds. The van der Waals surface area contributed by atoms with Crippen LogP contribution in [-0.2, 0) is 21.2 Å². The monoisotopic (exact) mass is 366 g/mol. The van der Waals surface area contributed by atoms with Crippen molar-refractivity contribution in [2.24, 2.45) is 11.1 Å². The number of likely N-dealkylation sites (tertiary alicyclic amines) is 1. The van der Waals surface area contributed by atoms with E-state index in [1.54, 1.807) is 9.42 Å². The van der Waals surface area contributed by atoms with E-state index in [4.69, 9.17) is 5.14 Å². The second-order valence-corrected chi connectivity index (χ2v) is 8.22. The largest absolute Gasteiger partial charge is 0.342 e. The fourth-order valence-corrected chi connectivity index (χ4v) is 4.36. The van der Waals surface area contributed by atoms with Gasteiger partial charge in [-0.1, -0.05) is 0 Å². The van der Waals surface area contributed by atoms with Crippen molar-refractivity contribution < 1.29 is 13.2 Å². The first kappa shape index (κ1) is 17.7. The standard InChI is InChI=1S/C15H22N6O3S/c1-10-13(11(2)21-15(19-10)17-9-18-21)3-4-14(22)20-6-5-12(7-20)8-25(16,23)24/h9,12H,3-8H2,1-2H3,(H2,16,23,24). The van der Waals surface area contributed by atoms with Gasteiger partial charge in [-0.05, 0) is 38.2 Å². The van der Waals surface area contributed by atoms with Crippen molar-refractivity contribution in [1.82, 2.24) is 24.5 Å². The lowest BCUT2D eigenvalue weighted by molar-refractivity contribution is -0.130. The number of rotatable bonds is 5. The van der Waals surface area contributed by atoms with E-state index in [9.17, 15) is 13.2 Å². The molecule has 1 unspecified atom stereocenters. The Morgan fingerprint density at radius 2 is 2.16 bits per heavy atom. The number of carbonyl (C=O) groups is 1. The predicted octanol–water partition coefficient (Wildman–Crippen LogP) is -0.189. The van der Waals surface area contributed by atoms with Gasteiger partial charge in [0.1, 0.15) is 6.33 Å². The third-order valence-corrected chi connectivity index (χ3v) is 5.62. The molecule has 25 heavy (non-hydrogen) atoms. The van der Waals surface area contributed by atoms with Crippen molar-refractivity contribution in [3.05, 3.63) is 23.3 Å². The molecule has 1 aliphatic rings. The van der Waals surface area contributed by atoms with E-state index >= 15 is 0 Å². The smallest absolute Gasteiger partial charge is 0.252 e. The molecule has 1 fully saturated rings. The number of fused-ring (bicyclic) bond motifs is 1. The number of aromatic nitrogens is 4. The number of aryl methyl sites for hydroxylation is 2. The zero-order valence-electron chi connectivity index (χ0n) is 14.3. The van der Waals surface area contributed by atoms with Crippen LogP contribution < -0.4 is 5.14 Å². The second-order valence-electron chi connectivity index (χ2n) is 6.56. The summed E-state index contributed by atoms with van der Waals surface area (Å²) in [7, 11) is -3.50. The molecule has 0 spiro atoms. The number of sulfonamides is 1. The Kier molecular flexibility index (Phi) is 4.74. The Labute approximate surface area is 146 Å². The van der Waals surface area contributed by atoms with Gasteiger partial charge in [-0.3, -0.25) is 4.79 Å². The fraction of sp³-hybridized carbons (Fsp3) is 0.600. The number of hydrogen-bond acceptors (Lipinski definition) is 6. The number of hydrogen-bond donors (Lipinski definition) is 1. The molecule has 2 aromatic rings. The molecule has 1 saturated heterocycles. The summed E-state index contributed by atoms with van der Waals surface area (Å²) < 4.78 is 24.0. The molecule has 2 N–H and O–H groups in total. The maximum atomic E-state index is 12.5. The van der Waals surface area contributed by atoms with Crippen molar-refractivity contribution in [1.29, 1.82) is 0 Å². The van der Waals surface area contributed by atoms with Crippen molar-refractivity contribution >= 4 is 21.7 Å². The minimum absolute atomic E-state index is 0.0226. The molecule has 0 aliphatic carbocycles. The van der Waals surface area contributed by atoms with E-state index in [0.717, 1.165) is 17.0 Å². The van der Waals surface area contributed by atoms with Gasteiger partial charge < -0.3 is 4.90 Å². The highest BCUT2D eigenvalue weighted by atomic mass is 32.2. The van der Waals surface area contributed by atoms with Crippen molar-refractivity contribution in [2.75, 3.05) is 18.8 Å². The molecule has 0 saturated carbocycles. The van der Waals surface area contributed by atoms with E-state index in [1.807, 2.05) is 13.8 Å².